The smallest absolute Gasteiger partial charge is 0.305 e. The second kappa shape index (κ2) is 7.58. The molecule has 0 saturated heterocycles. The number of nitrogens with zero attached hydrogens (tertiary/aromatic N) is 2. The second-order valence-corrected chi connectivity index (χ2v) is 5.47. The number of hydrogen-bond donors (Lipinski definition) is 2. The maximum absolute atomic E-state index is 12.3. The molecule has 1 unspecified atom stereocenters. The molecule has 0 bridgehead atoms. The normalized spacial score (nSPS) is 11.9. The molecule has 1 amide bonds. The Kier molecular flexibility index (Phi) is 5.51. The van der Waals surface area contributed by atoms with Crippen LogP contribution in [0.4, 0.5) is 0 Å². The molecule has 0 radical (unpaired) electrons. The summed E-state index contributed by atoms with van der Waals surface area (Å²) in [5.74, 6) is -1.22. The van der Waals surface area contributed by atoms with E-state index in [2.05, 4.69) is 10.4 Å². The van der Waals surface area contributed by atoms with Gasteiger partial charge >= 0.3 is 5.97 Å². The Balaban J connectivity index is 2.14. The molecule has 1 atom stereocenters. The lowest BCUT2D eigenvalue weighted by atomic mass is 10.1. The highest BCUT2D eigenvalue weighted by molar-refractivity contribution is 5.95. The molecule has 0 aliphatic heterocycles. The summed E-state index contributed by atoms with van der Waals surface area (Å²) in [4.78, 5) is 23.0. The predicted molar refractivity (Wildman–Crippen MR) is 86.3 cm³/mol. The summed E-state index contributed by atoms with van der Waals surface area (Å²) in [7, 11) is 0. The van der Waals surface area contributed by atoms with E-state index in [1.165, 1.54) is 0 Å². The molecular formula is C17H21N3O3. The van der Waals surface area contributed by atoms with Crippen LogP contribution in [0, 0.1) is 0 Å². The van der Waals surface area contributed by atoms with Crippen LogP contribution in [0.1, 0.15) is 41.9 Å². The van der Waals surface area contributed by atoms with Crippen LogP contribution >= 0.6 is 0 Å². The molecule has 1 aromatic carbocycles. The van der Waals surface area contributed by atoms with E-state index in [9.17, 15) is 9.59 Å². The maximum Gasteiger partial charge on any atom is 0.305 e. The van der Waals surface area contributed by atoms with Crippen molar-refractivity contribution in [1.29, 1.82) is 0 Å². The fourth-order valence-corrected chi connectivity index (χ4v) is 2.48. The standard InChI is InChI=1S/C17H21N3O3/c1-3-15-14(17(23)19-12(2)9-16(21)22)10-18-20(15)11-13-7-5-4-6-8-13/h4-8,10,12H,3,9,11H2,1-2H3,(H,19,23)(H,21,22). The van der Waals surface area contributed by atoms with Gasteiger partial charge in [-0.15, -0.1) is 0 Å². The van der Waals surface area contributed by atoms with Crippen LogP contribution in [0.5, 0.6) is 0 Å². The minimum Gasteiger partial charge on any atom is -0.481 e. The number of rotatable bonds is 7. The highest BCUT2D eigenvalue weighted by Gasteiger charge is 2.18. The van der Waals surface area contributed by atoms with Crippen LogP contribution in [-0.4, -0.2) is 32.8 Å². The summed E-state index contributed by atoms with van der Waals surface area (Å²) in [6, 6.07) is 9.47. The molecule has 6 nitrogen and oxygen atoms in total. The number of benzene rings is 1. The number of carboxylic acids is 1. The van der Waals surface area contributed by atoms with Gasteiger partial charge in [0.1, 0.15) is 0 Å². The molecule has 2 aromatic rings. The van der Waals surface area contributed by atoms with Gasteiger partial charge in [-0.3, -0.25) is 14.3 Å². The Bertz CT molecular complexity index is 680. The highest BCUT2D eigenvalue weighted by atomic mass is 16.4. The third-order valence-corrected chi connectivity index (χ3v) is 3.56. The average molecular weight is 315 g/mol. The Morgan fingerprint density at radius 2 is 2.00 bits per heavy atom. The van der Waals surface area contributed by atoms with E-state index in [1.54, 1.807) is 13.1 Å². The summed E-state index contributed by atoms with van der Waals surface area (Å²) in [5, 5.41) is 15.8. The third kappa shape index (κ3) is 4.42. The quantitative estimate of drug-likeness (QED) is 0.819. The summed E-state index contributed by atoms with van der Waals surface area (Å²) in [6.45, 7) is 4.24. The van der Waals surface area contributed by atoms with Gasteiger partial charge in [0, 0.05) is 6.04 Å². The van der Waals surface area contributed by atoms with Crippen LogP contribution in [0.15, 0.2) is 36.5 Å². The maximum atomic E-state index is 12.3. The molecule has 1 heterocycles. The molecule has 2 N–H and O–H groups in total. The zero-order chi connectivity index (χ0) is 16.8. The van der Waals surface area contributed by atoms with E-state index in [4.69, 9.17) is 5.11 Å². The predicted octanol–water partition coefficient (Wildman–Crippen LogP) is 2.09. The summed E-state index contributed by atoms with van der Waals surface area (Å²) in [5.41, 5.74) is 2.45. The van der Waals surface area contributed by atoms with Crippen molar-refractivity contribution in [3.63, 3.8) is 0 Å². The zero-order valence-corrected chi connectivity index (χ0v) is 13.3. The average Bonchev–Trinajstić information content (AvgIpc) is 2.90. The van der Waals surface area contributed by atoms with Gasteiger partial charge in [-0.2, -0.15) is 5.10 Å². The Morgan fingerprint density at radius 1 is 1.30 bits per heavy atom. The summed E-state index contributed by atoms with van der Waals surface area (Å²) in [6.07, 6.45) is 2.11. The van der Waals surface area contributed by atoms with Gasteiger partial charge in [0.25, 0.3) is 5.91 Å². The zero-order valence-electron chi connectivity index (χ0n) is 13.3. The second-order valence-electron chi connectivity index (χ2n) is 5.47. The number of hydrogen-bond acceptors (Lipinski definition) is 3. The van der Waals surface area contributed by atoms with Gasteiger partial charge < -0.3 is 10.4 Å². The van der Waals surface area contributed by atoms with Gasteiger partial charge in [-0.1, -0.05) is 37.3 Å². The van der Waals surface area contributed by atoms with E-state index in [0.717, 1.165) is 11.3 Å². The van der Waals surface area contributed by atoms with E-state index in [-0.39, 0.29) is 12.3 Å². The molecule has 1 aromatic heterocycles. The Labute approximate surface area is 135 Å². The number of carboxylic acid groups (broad SMARTS) is 1. The van der Waals surface area contributed by atoms with Gasteiger partial charge in [-0.05, 0) is 18.9 Å². The fraction of sp³-hybridized carbons (Fsp3) is 0.353. The first kappa shape index (κ1) is 16.7. The number of carbonyl (C=O) groups is 2. The monoisotopic (exact) mass is 315 g/mol. The van der Waals surface area contributed by atoms with Crippen molar-refractivity contribution in [1.82, 2.24) is 15.1 Å². The topological polar surface area (TPSA) is 84.2 Å². The lowest BCUT2D eigenvalue weighted by molar-refractivity contribution is -0.137. The van der Waals surface area contributed by atoms with Crippen LogP contribution in [0.3, 0.4) is 0 Å². The largest absolute Gasteiger partial charge is 0.481 e. The van der Waals surface area contributed by atoms with Crippen LogP contribution in [-0.2, 0) is 17.8 Å². The van der Waals surface area contributed by atoms with Crippen LogP contribution in [0.2, 0.25) is 0 Å². The van der Waals surface area contributed by atoms with Crippen molar-refractivity contribution >= 4 is 11.9 Å². The number of amides is 1. The Hall–Kier alpha value is -2.63. The fourth-order valence-electron chi connectivity index (χ4n) is 2.48. The summed E-state index contributed by atoms with van der Waals surface area (Å²) >= 11 is 0. The van der Waals surface area contributed by atoms with E-state index >= 15 is 0 Å². The number of nitrogens with one attached hydrogen (secondary N) is 1. The highest BCUT2D eigenvalue weighted by Crippen LogP contribution is 2.13. The number of aliphatic carboxylic acids is 1. The molecule has 0 spiro atoms. The number of aromatic nitrogens is 2. The van der Waals surface area contributed by atoms with E-state index < -0.39 is 12.0 Å². The van der Waals surface area contributed by atoms with Crippen molar-refractivity contribution in [3.8, 4) is 0 Å². The Morgan fingerprint density at radius 3 is 2.61 bits per heavy atom. The van der Waals surface area contributed by atoms with E-state index in [0.29, 0.717) is 18.5 Å². The molecule has 6 heteroatoms. The summed E-state index contributed by atoms with van der Waals surface area (Å²) < 4.78 is 1.81. The lowest BCUT2D eigenvalue weighted by Gasteiger charge is -2.12. The van der Waals surface area contributed by atoms with Gasteiger partial charge in [0.05, 0.1) is 30.4 Å². The lowest BCUT2D eigenvalue weighted by Crippen LogP contribution is -2.34. The first-order chi connectivity index (χ1) is 11.0. The molecule has 0 saturated carbocycles. The molecule has 0 aliphatic rings. The first-order valence-corrected chi connectivity index (χ1v) is 7.62. The van der Waals surface area contributed by atoms with Gasteiger partial charge in [-0.25, -0.2) is 0 Å². The molecule has 0 aliphatic carbocycles. The van der Waals surface area contributed by atoms with Gasteiger partial charge in [0.15, 0.2) is 0 Å². The third-order valence-electron chi connectivity index (χ3n) is 3.56. The van der Waals surface area contributed by atoms with Crippen molar-refractivity contribution in [2.45, 2.75) is 39.3 Å². The van der Waals surface area contributed by atoms with Crippen LogP contribution in [0.25, 0.3) is 0 Å². The van der Waals surface area contributed by atoms with Crippen molar-refractivity contribution in [2.24, 2.45) is 0 Å². The minimum absolute atomic E-state index is 0.106. The van der Waals surface area contributed by atoms with Crippen molar-refractivity contribution < 1.29 is 14.7 Å². The van der Waals surface area contributed by atoms with Crippen molar-refractivity contribution in [3.05, 3.63) is 53.3 Å². The van der Waals surface area contributed by atoms with Crippen molar-refractivity contribution in [2.75, 3.05) is 0 Å². The van der Waals surface area contributed by atoms with Gasteiger partial charge in [0.2, 0.25) is 0 Å². The molecule has 2 rings (SSSR count). The minimum atomic E-state index is -0.937. The SMILES string of the molecule is CCc1c(C(=O)NC(C)CC(=O)O)cnn1Cc1ccccc1. The molecule has 0 fully saturated rings. The molecule has 122 valence electrons. The van der Waals surface area contributed by atoms with Crippen LogP contribution < -0.4 is 5.32 Å². The first-order valence-electron chi connectivity index (χ1n) is 7.62. The molecule has 23 heavy (non-hydrogen) atoms. The van der Waals surface area contributed by atoms with E-state index in [1.807, 2.05) is 41.9 Å². The molecular weight excluding hydrogens is 294 g/mol. The number of carbonyl (C=O) groups excluding carboxylic acids is 1.